The Kier molecular flexibility index (Phi) is 2.57. The van der Waals surface area contributed by atoms with E-state index in [0.29, 0.717) is 6.54 Å². The Bertz CT molecular complexity index is 491. The van der Waals surface area contributed by atoms with E-state index in [-0.39, 0.29) is 17.9 Å². The third-order valence-corrected chi connectivity index (χ3v) is 4.00. The molecule has 2 aliphatic rings. The summed E-state index contributed by atoms with van der Waals surface area (Å²) in [5.41, 5.74) is 7.73. The first-order valence-electron chi connectivity index (χ1n) is 6.27. The number of carboxylic acid groups (broad SMARTS) is 1. The lowest BCUT2D eigenvalue weighted by Gasteiger charge is -2.42. The lowest BCUT2D eigenvalue weighted by molar-refractivity contribution is 0.0888. The highest BCUT2D eigenvalue weighted by Gasteiger charge is 2.39. The molecule has 2 atom stereocenters. The van der Waals surface area contributed by atoms with E-state index in [4.69, 9.17) is 5.73 Å². The molecule has 0 aromatic carbocycles. The first-order chi connectivity index (χ1) is 8.66. The third kappa shape index (κ3) is 1.68. The predicted molar refractivity (Wildman–Crippen MR) is 65.3 cm³/mol. The molecule has 18 heavy (non-hydrogen) atoms. The Morgan fingerprint density at radius 3 is 3.11 bits per heavy atom. The Morgan fingerprint density at radius 2 is 2.33 bits per heavy atom. The van der Waals surface area contributed by atoms with Gasteiger partial charge in [0, 0.05) is 24.7 Å². The fourth-order valence-electron chi connectivity index (χ4n) is 3.22. The molecule has 96 valence electrons. The van der Waals surface area contributed by atoms with Crippen LogP contribution < -0.4 is 5.73 Å². The van der Waals surface area contributed by atoms with E-state index in [2.05, 4.69) is 9.97 Å². The maximum absolute atomic E-state index is 11.3. The van der Waals surface area contributed by atoms with Gasteiger partial charge in [-0.05, 0) is 31.2 Å². The normalized spacial score (nSPS) is 26.3. The van der Waals surface area contributed by atoms with Crippen molar-refractivity contribution in [1.82, 2.24) is 14.9 Å². The molecule has 1 aromatic heterocycles. The summed E-state index contributed by atoms with van der Waals surface area (Å²) in [6.45, 7) is 0.631. The maximum atomic E-state index is 11.3. The molecule has 0 radical (unpaired) electrons. The van der Waals surface area contributed by atoms with Gasteiger partial charge in [0.2, 0.25) is 5.95 Å². The van der Waals surface area contributed by atoms with Crippen LogP contribution in [0.25, 0.3) is 0 Å². The van der Waals surface area contributed by atoms with E-state index in [1.54, 1.807) is 11.1 Å². The second-order valence-corrected chi connectivity index (χ2v) is 4.97. The number of likely N-dealkylation sites (tertiary alicyclic amines) is 1. The van der Waals surface area contributed by atoms with Gasteiger partial charge in [-0.2, -0.15) is 0 Å². The van der Waals surface area contributed by atoms with Crippen LogP contribution in [0.5, 0.6) is 0 Å². The molecule has 1 amide bonds. The number of amides is 1. The van der Waals surface area contributed by atoms with Crippen molar-refractivity contribution in [3.8, 4) is 0 Å². The zero-order chi connectivity index (χ0) is 12.7. The minimum absolute atomic E-state index is 0.0537. The first kappa shape index (κ1) is 11.3. The molecular weight excluding hydrogens is 232 g/mol. The Hall–Kier alpha value is -1.85. The van der Waals surface area contributed by atoms with E-state index in [0.717, 1.165) is 36.9 Å². The van der Waals surface area contributed by atoms with Gasteiger partial charge in [0.05, 0.1) is 5.69 Å². The van der Waals surface area contributed by atoms with E-state index in [1.807, 2.05) is 0 Å². The van der Waals surface area contributed by atoms with Crippen LogP contribution in [0.1, 0.15) is 36.4 Å². The lowest BCUT2D eigenvalue weighted by Crippen LogP contribution is -2.49. The Labute approximate surface area is 105 Å². The van der Waals surface area contributed by atoms with Crippen LogP contribution in [0.4, 0.5) is 10.7 Å². The molecular formula is C12H16N4O2. The number of carbonyl (C=O) groups is 1. The second-order valence-electron chi connectivity index (χ2n) is 4.97. The van der Waals surface area contributed by atoms with Gasteiger partial charge in [0.15, 0.2) is 0 Å². The third-order valence-electron chi connectivity index (χ3n) is 4.00. The van der Waals surface area contributed by atoms with Gasteiger partial charge < -0.3 is 15.7 Å². The van der Waals surface area contributed by atoms with Crippen molar-refractivity contribution in [2.45, 2.75) is 37.6 Å². The minimum Gasteiger partial charge on any atom is -0.465 e. The number of piperidine rings is 1. The van der Waals surface area contributed by atoms with Crippen LogP contribution in [-0.2, 0) is 6.42 Å². The van der Waals surface area contributed by atoms with Crippen molar-refractivity contribution in [2.24, 2.45) is 0 Å². The van der Waals surface area contributed by atoms with E-state index < -0.39 is 6.09 Å². The average molecular weight is 248 g/mol. The number of nitrogens with two attached hydrogens (primary N) is 1. The Morgan fingerprint density at radius 1 is 1.50 bits per heavy atom. The number of hydrogen-bond donors (Lipinski definition) is 2. The van der Waals surface area contributed by atoms with Crippen LogP contribution in [-0.4, -0.2) is 38.7 Å². The molecule has 1 aliphatic carbocycles. The molecule has 0 unspecified atom stereocenters. The van der Waals surface area contributed by atoms with E-state index >= 15 is 0 Å². The van der Waals surface area contributed by atoms with Gasteiger partial charge in [0.1, 0.15) is 0 Å². The number of nitrogens with zero attached hydrogens (tertiary/aromatic N) is 3. The van der Waals surface area contributed by atoms with Crippen molar-refractivity contribution < 1.29 is 9.90 Å². The number of rotatable bonds is 0. The van der Waals surface area contributed by atoms with Gasteiger partial charge in [0.25, 0.3) is 0 Å². The molecule has 2 heterocycles. The summed E-state index contributed by atoms with van der Waals surface area (Å²) in [4.78, 5) is 21.2. The molecule has 0 spiro atoms. The average Bonchev–Trinajstić information content (AvgIpc) is 2.37. The number of aryl methyl sites for hydroxylation is 1. The molecule has 0 saturated carbocycles. The quantitative estimate of drug-likeness (QED) is 0.720. The lowest BCUT2D eigenvalue weighted by atomic mass is 9.77. The standard InChI is InChI=1S/C12H16N4O2/c13-11-14-6-7-3-4-9-8(10(7)15-11)2-1-5-16(9)12(17)18/h6,8-9H,1-5H2,(H,17,18)(H2,13,14,15)/t8-,9-/m0/s1. The van der Waals surface area contributed by atoms with Gasteiger partial charge in [-0.15, -0.1) is 0 Å². The van der Waals surface area contributed by atoms with Gasteiger partial charge in [-0.3, -0.25) is 0 Å². The Balaban J connectivity index is 1.98. The smallest absolute Gasteiger partial charge is 0.407 e. The fraction of sp³-hybridized carbons (Fsp3) is 0.583. The molecule has 0 bridgehead atoms. The molecule has 1 aromatic rings. The summed E-state index contributed by atoms with van der Waals surface area (Å²) in [5, 5.41) is 9.25. The first-order valence-corrected chi connectivity index (χ1v) is 6.27. The molecule has 1 aliphatic heterocycles. The SMILES string of the molecule is Nc1ncc2c(n1)[C@H]1CCCN(C(=O)O)[C@H]1CC2. The highest BCUT2D eigenvalue weighted by atomic mass is 16.4. The number of nitrogen functional groups attached to an aromatic ring is 1. The number of anilines is 1. The summed E-state index contributed by atoms with van der Waals surface area (Å²) in [5.74, 6) is 0.464. The monoisotopic (exact) mass is 248 g/mol. The van der Waals surface area contributed by atoms with Crippen molar-refractivity contribution in [2.75, 3.05) is 12.3 Å². The van der Waals surface area contributed by atoms with Crippen molar-refractivity contribution in [3.05, 3.63) is 17.5 Å². The van der Waals surface area contributed by atoms with Crippen molar-refractivity contribution in [1.29, 1.82) is 0 Å². The van der Waals surface area contributed by atoms with E-state index in [9.17, 15) is 9.90 Å². The second kappa shape index (κ2) is 4.12. The minimum atomic E-state index is -0.824. The predicted octanol–water partition coefficient (Wildman–Crippen LogP) is 1.23. The van der Waals surface area contributed by atoms with Crippen LogP contribution in [0, 0.1) is 0 Å². The molecule has 1 fully saturated rings. The molecule has 3 N–H and O–H groups in total. The van der Waals surface area contributed by atoms with Crippen molar-refractivity contribution in [3.63, 3.8) is 0 Å². The topological polar surface area (TPSA) is 92.3 Å². The van der Waals surface area contributed by atoms with Crippen LogP contribution in [0.2, 0.25) is 0 Å². The number of aromatic nitrogens is 2. The summed E-state index contributed by atoms with van der Waals surface area (Å²) >= 11 is 0. The van der Waals surface area contributed by atoms with Crippen LogP contribution in [0.3, 0.4) is 0 Å². The molecule has 6 heteroatoms. The maximum Gasteiger partial charge on any atom is 0.407 e. The number of hydrogen-bond acceptors (Lipinski definition) is 4. The summed E-state index contributed by atoms with van der Waals surface area (Å²) < 4.78 is 0. The van der Waals surface area contributed by atoms with Gasteiger partial charge >= 0.3 is 6.09 Å². The largest absolute Gasteiger partial charge is 0.465 e. The highest BCUT2D eigenvalue weighted by Crippen LogP contribution is 2.39. The fourth-order valence-corrected chi connectivity index (χ4v) is 3.22. The van der Waals surface area contributed by atoms with Crippen LogP contribution >= 0.6 is 0 Å². The van der Waals surface area contributed by atoms with Gasteiger partial charge in [-0.1, -0.05) is 0 Å². The molecule has 6 nitrogen and oxygen atoms in total. The van der Waals surface area contributed by atoms with E-state index in [1.165, 1.54) is 0 Å². The zero-order valence-corrected chi connectivity index (χ0v) is 10.0. The molecule has 1 saturated heterocycles. The zero-order valence-electron chi connectivity index (χ0n) is 10.0. The highest BCUT2D eigenvalue weighted by molar-refractivity contribution is 5.66. The number of fused-ring (bicyclic) bond motifs is 3. The summed E-state index contributed by atoms with van der Waals surface area (Å²) in [6, 6.07) is 0.0537. The summed E-state index contributed by atoms with van der Waals surface area (Å²) in [6.07, 6.45) is 4.52. The van der Waals surface area contributed by atoms with Crippen LogP contribution in [0.15, 0.2) is 6.20 Å². The molecule has 3 rings (SSSR count). The van der Waals surface area contributed by atoms with Gasteiger partial charge in [-0.25, -0.2) is 14.8 Å². The summed E-state index contributed by atoms with van der Waals surface area (Å²) in [7, 11) is 0. The van der Waals surface area contributed by atoms with Crippen molar-refractivity contribution >= 4 is 12.0 Å².